The number of aromatic amines is 3. The Kier molecular flexibility index (Phi) is 46.4. The maximum Gasteiger partial charge on any atom is 0.326 e. The Morgan fingerprint density at radius 3 is 1.35 bits per heavy atom. The Bertz CT molecular complexity index is 5480. The predicted molar refractivity (Wildman–Crippen MR) is 515 cm³/mol. The number of aromatic nitrogens is 4. The lowest BCUT2D eigenvalue weighted by Crippen LogP contribution is -2.61. The van der Waals surface area contributed by atoms with Crippen molar-refractivity contribution in [3.63, 3.8) is 0 Å². The number of phenols is 1. The molecular formula is C89H124N26O25S2. The van der Waals surface area contributed by atoms with Crippen LogP contribution >= 0.6 is 25.3 Å². The van der Waals surface area contributed by atoms with Crippen LogP contribution in [0.4, 0.5) is 0 Å². The number of aromatic hydroxyl groups is 1. The van der Waals surface area contributed by atoms with E-state index in [-0.39, 0.29) is 74.1 Å². The molecular weight excluding hydrogens is 1900 g/mol. The second-order valence-corrected chi connectivity index (χ2v) is 35.0. The van der Waals surface area contributed by atoms with Crippen LogP contribution < -0.4 is 113 Å². The van der Waals surface area contributed by atoms with Crippen molar-refractivity contribution in [2.45, 2.75) is 204 Å². The highest BCUT2D eigenvalue weighted by molar-refractivity contribution is 7.80. The van der Waals surface area contributed by atoms with Crippen molar-refractivity contribution in [3.05, 3.63) is 120 Å². The standard InChI is InChI=1S/C89H124N26O25S2/c1-42(2)25-58(79(130)107-57(88(139)140)17-12-24-95-89(92)93)108-81(132)61(28-48-33-97-55-16-11-9-14-52(48)55)110-80(131)59(26-46-18-20-50(116)21-19-46)109-83(134)63(31-66(91)117)111-85(136)65(40-142)113-82(133)62(29-49-34-94-41-102-49)105-70(121)38-101-86(137)73(43(3)4)115-84(135)60(27-47-32-96-54-15-10-8-13-51(47)54)104-69(120)37-99-67(118)35-98-68(119)36-100-77(128)64(39-141)112-75(126)45(7)103-78(129)56(22-23-71(122)123)106-87(138)74(44(5)6)114-76(127)53(90)30-72(124)125/h8-11,13-16,18-21,32-34,41-45,53,56-65,73-74,96-97,116,141-142H,12,17,22-31,35-40,90H2,1-7H3,(H2,91,117)(H,94,102)(H,98,119)(H,99,118)(H,100,128)(H,101,137)(H,103,129)(H,104,120)(H,105,121)(H,106,138)(H,107,130)(H,108,132)(H,109,134)(H,110,131)(H,111,136)(H,112,126)(H,113,133)(H,114,127)(H,115,135)(H,122,123)(H,124,125)(H,139,140)(H4,92,93,95)/t45-,53-,56-,57-,58-,59-,60-,61-,62-,63-,64-,65-,73-,74-/m0/s1. The zero-order chi connectivity index (χ0) is 105. The molecule has 0 bridgehead atoms. The molecule has 0 fully saturated rings. The number of nitrogens with zero attached hydrogens (tertiary/aromatic N) is 1. The van der Waals surface area contributed by atoms with Gasteiger partial charge in [0.15, 0.2) is 5.96 Å². The molecule has 14 atom stereocenters. The first kappa shape index (κ1) is 115. The third-order valence-corrected chi connectivity index (χ3v) is 22.5. The van der Waals surface area contributed by atoms with Crippen molar-refractivity contribution in [3.8, 4) is 5.75 Å². The van der Waals surface area contributed by atoms with Gasteiger partial charge in [-0.3, -0.25) is 101 Å². The number of nitrogens with two attached hydrogens (primary N) is 3. The average Bonchev–Trinajstić information content (AvgIpc) is 1.75. The molecule has 0 aliphatic carbocycles. The zero-order valence-corrected chi connectivity index (χ0v) is 80.5. The number of rotatable bonds is 60. The molecule has 53 heteroatoms. The molecule has 3 aromatic carbocycles. The number of guanidine groups is 1. The third kappa shape index (κ3) is 38.7. The normalized spacial score (nSPS) is 14.1. The molecule has 0 saturated heterocycles. The van der Waals surface area contributed by atoms with Crippen molar-refractivity contribution >= 4 is 177 Å². The Morgan fingerprint density at radius 1 is 0.408 bits per heavy atom. The van der Waals surface area contributed by atoms with Gasteiger partial charge in [0.05, 0.1) is 51.4 Å². The SMILES string of the molecule is CC(C)C[C@H](NC(=O)[C@H](Cc1c[nH]c2ccccc12)NC(=O)[C@H](Cc1ccc(O)cc1)NC(=O)[C@H](CC(N)=O)NC(=O)[C@H](CS)NC(=O)[C@H](Cc1cnc[nH]1)NC(=O)CNC(=O)[C@@H](NC(=O)[C@H](Cc1c[nH]c2ccccc12)NC(=O)CNC(=O)CNC(=O)CNC(=O)[C@H](CS)NC(=O)[C@H](C)NC(=O)[C@H](CCC(=O)O)NC(=O)[C@@H](NC(=O)[C@@H](N)CC(=O)O)C(C)C)C(C)C)C(=O)N[C@@H](CCCNC(=N)N)C(=O)O. The van der Waals surface area contributed by atoms with E-state index in [0.29, 0.717) is 38.5 Å². The van der Waals surface area contributed by atoms with E-state index in [1.165, 1.54) is 57.6 Å². The molecule has 0 unspecified atom stereocenters. The molecule has 6 rings (SSSR count). The minimum absolute atomic E-state index is 0.0251. The second-order valence-electron chi connectivity index (χ2n) is 34.3. The lowest BCUT2D eigenvalue weighted by molar-refractivity contribution is -0.142. The van der Waals surface area contributed by atoms with Gasteiger partial charge < -0.3 is 148 Å². The van der Waals surface area contributed by atoms with Crippen molar-refractivity contribution in [1.82, 2.24) is 116 Å². The molecule has 0 aliphatic heterocycles. The smallest absolute Gasteiger partial charge is 0.326 e. The molecule has 32 N–H and O–H groups in total. The van der Waals surface area contributed by atoms with E-state index in [9.17, 15) is 111 Å². The summed E-state index contributed by atoms with van der Waals surface area (Å²) < 4.78 is 0. The van der Waals surface area contributed by atoms with Gasteiger partial charge in [-0.15, -0.1) is 0 Å². The van der Waals surface area contributed by atoms with Gasteiger partial charge in [0.25, 0.3) is 0 Å². The Morgan fingerprint density at radius 2 is 0.838 bits per heavy atom. The molecule has 3 aromatic heterocycles. The fourth-order valence-electron chi connectivity index (χ4n) is 14.2. The molecule has 772 valence electrons. The summed E-state index contributed by atoms with van der Waals surface area (Å²) in [4.78, 5) is 297. The number of hydrogen-bond donors (Lipinski definition) is 31. The van der Waals surface area contributed by atoms with Crippen LogP contribution in [0.25, 0.3) is 21.8 Å². The Balaban J connectivity index is 1.08. The number of carboxylic acid groups (broad SMARTS) is 3. The van der Waals surface area contributed by atoms with Gasteiger partial charge in [-0.2, -0.15) is 25.3 Å². The number of para-hydroxylation sites is 2. The number of primary amides is 1. The molecule has 6 aromatic rings. The van der Waals surface area contributed by atoms with Gasteiger partial charge in [0.1, 0.15) is 84.3 Å². The number of hydrogen-bond acceptors (Lipinski definition) is 27. The van der Waals surface area contributed by atoms with Crippen LogP contribution in [-0.2, 0) is 126 Å². The lowest BCUT2D eigenvalue weighted by Gasteiger charge is -2.28. The summed E-state index contributed by atoms with van der Waals surface area (Å²) in [6.45, 7) is 7.66. The van der Waals surface area contributed by atoms with Crippen LogP contribution in [0.1, 0.15) is 116 Å². The minimum Gasteiger partial charge on any atom is -0.508 e. The Labute approximate surface area is 824 Å². The van der Waals surface area contributed by atoms with Gasteiger partial charge in [0, 0.05) is 96.2 Å². The number of fused-ring (bicyclic) bond motifs is 2. The van der Waals surface area contributed by atoms with Gasteiger partial charge >= 0.3 is 17.9 Å². The number of amides is 18. The van der Waals surface area contributed by atoms with E-state index in [4.69, 9.17) is 27.7 Å². The number of H-pyrrole nitrogens is 3. The quantitative estimate of drug-likeness (QED) is 0.00730. The van der Waals surface area contributed by atoms with Gasteiger partial charge in [-0.25, -0.2) is 9.78 Å². The van der Waals surface area contributed by atoms with Crippen LogP contribution in [0.2, 0.25) is 0 Å². The van der Waals surface area contributed by atoms with E-state index in [0.717, 1.165) is 0 Å². The molecule has 0 radical (unpaired) electrons. The van der Waals surface area contributed by atoms with Crippen LogP contribution in [0.3, 0.4) is 0 Å². The molecule has 0 saturated carbocycles. The molecule has 18 amide bonds. The number of carbonyl (C=O) groups is 21. The number of aliphatic carboxylic acids is 3. The first-order valence-electron chi connectivity index (χ1n) is 45.0. The summed E-state index contributed by atoms with van der Waals surface area (Å²) in [6, 6.07) is -2.48. The largest absolute Gasteiger partial charge is 0.508 e. The molecule has 51 nitrogen and oxygen atoms in total. The summed E-state index contributed by atoms with van der Waals surface area (Å²) in [5.41, 5.74) is 19.5. The predicted octanol–water partition coefficient (Wildman–Crippen LogP) is -6.76. The third-order valence-electron chi connectivity index (χ3n) is 21.7. The molecule has 142 heavy (non-hydrogen) atoms. The summed E-state index contributed by atoms with van der Waals surface area (Å²) in [5, 5.41) is 91.3. The van der Waals surface area contributed by atoms with Gasteiger partial charge in [-0.05, 0) is 91.3 Å². The fraction of sp³-hybridized carbons (Fsp3) is 0.472. The summed E-state index contributed by atoms with van der Waals surface area (Å²) in [6.07, 6.45) is 1.67. The fourth-order valence-corrected chi connectivity index (χ4v) is 14.7. The monoisotopic (exact) mass is 2020 g/mol. The molecule has 0 aliphatic rings. The van der Waals surface area contributed by atoms with Gasteiger partial charge in [0.2, 0.25) is 106 Å². The van der Waals surface area contributed by atoms with E-state index in [2.05, 4.69) is 141 Å². The van der Waals surface area contributed by atoms with Crippen molar-refractivity contribution < 1.29 is 121 Å². The lowest BCUT2D eigenvalue weighted by atomic mass is 9.99. The maximum atomic E-state index is 15.0. The van der Waals surface area contributed by atoms with Crippen molar-refractivity contribution in [2.75, 3.05) is 44.2 Å². The second kappa shape index (κ2) is 57.2. The van der Waals surface area contributed by atoms with Crippen molar-refractivity contribution in [1.29, 1.82) is 5.41 Å². The number of carboxylic acids is 3. The van der Waals surface area contributed by atoms with E-state index in [1.54, 1.807) is 88.6 Å². The summed E-state index contributed by atoms with van der Waals surface area (Å²) in [7, 11) is 0. The van der Waals surface area contributed by atoms with Crippen LogP contribution in [0.15, 0.2) is 97.7 Å². The van der Waals surface area contributed by atoms with E-state index >= 15 is 4.79 Å². The van der Waals surface area contributed by atoms with Crippen molar-refractivity contribution in [2.24, 2.45) is 35.0 Å². The van der Waals surface area contributed by atoms with Crippen LogP contribution in [0.5, 0.6) is 5.75 Å². The summed E-state index contributed by atoms with van der Waals surface area (Å²) >= 11 is 8.39. The number of carbonyl (C=O) groups excluding carboxylic acids is 18. The number of nitrogens with one attached hydrogen (secondary N) is 22. The van der Waals surface area contributed by atoms with Crippen LogP contribution in [-0.4, -0.2) is 299 Å². The Hall–Kier alpha value is -15.4. The van der Waals surface area contributed by atoms with E-state index in [1.807, 2.05) is 0 Å². The number of thiol groups is 2. The highest BCUT2D eigenvalue weighted by Crippen LogP contribution is 2.23. The molecule has 0 spiro atoms. The molecule has 3 heterocycles. The first-order chi connectivity index (χ1) is 67.1. The minimum atomic E-state index is -1.93. The number of imidazole rings is 1. The zero-order valence-electron chi connectivity index (χ0n) is 78.7. The first-order valence-corrected chi connectivity index (χ1v) is 46.3. The van der Waals surface area contributed by atoms with Gasteiger partial charge in [-0.1, -0.05) is 90.1 Å². The maximum absolute atomic E-state index is 15.0. The highest BCUT2D eigenvalue weighted by atomic mass is 32.1. The average molecular weight is 2020 g/mol. The van der Waals surface area contributed by atoms with Crippen LogP contribution in [0, 0.1) is 23.2 Å². The highest BCUT2D eigenvalue weighted by Gasteiger charge is 2.39. The topological polar surface area (TPSA) is 818 Å². The summed E-state index contributed by atoms with van der Waals surface area (Å²) in [5.74, 6) is -25.5. The number of phenolic OH excluding ortho intramolecular Hbond substituents is 1. The number of benzene rings is 3. The van der Waals surface area contributed by atoms with E-state index < -0.39 is 285 Å².